The van der Waals surface area contributed by atoms with Gasteiger partial charge in [0.1, 0.15) is 5.82 Å². The molecule has 0 spiro atoms. The number of aromatic nitrogens is 3. The molecule has 0 radical (unpaired) electrons. The van der Waals surface area contributed by atoms with Crippen LogP contribution in [0.3, 0.4) is 0 Å². The lowest BCUT2D eigenvalue weighted by Gasteiger charge is -2.12. The van der Waals surface area contributed by atoms with Gasteiger partial charge in [-0.1, -0.05) is 71.8 Å². The van der Waals surface area contributed by atoms with Gasteiger partial charge in [0, 0.05) is 21.5 Å². The Morgan fingerprint density at radius 1 is 0.806 bits per heavy atom. The second kappa shape index (κ2) is 8.99. The monoisotopic (exact) mass is 487 g/mol. The van der Waals surface area contributed by atoms with Crippen molar-refractivity contribution >= 4 is 45.6 Å². The van der Waals surface area contributed by atoms with Crippen LogP contribution >= 0.6 is 11.6 Å². The minimum Gasteiger partial charge on any atom is -0.354 e. The summed E-state index contributed by atoms with van der Waals surface area (Å²) >= 11 is 6.14. The number of aryl methyl sites for hydroxylation is 1. The largest absolute Gasteiger partial charge is 0.354 e. The third kappa shape index (κ3) is 3.92. The van der Waals surface area contributed by atoms with Crippen LogP contribution in [0.25, 0.3) is 50.9 Å². The van der Waals surface area contributed by atoms with Crippen molar-refractivity contribution in [3.8, 4) is 16.9 Å². The van der Waals surface area contributed by atoms with Crippen molar-refractivity contribution in [1.82, 2.24) is 14.5 Å². The van der Waals surface area contributed by atoms with Crippen LogP contribution in [0.2, 0.25) is 5.02 Å². The average molecular weight is 488 g/mol. The van der Waals surface area contributed by atoms with E-state index in [1.54, 1.807) is 4.57 Å². The smallest absolute Gasteiger partial charge is 0.266 e. The zero-order valence-electron chi connectivity index (χ0n) is 19.6. The molecular formula is C31H22ClN3O. The number of H-pyrrole nitrogens is 1. The number of para-hydroxylation sites is 2. The summed E-state index contributed by atoms with van der Waals surface area (Å²) in [5.41, 5.74) is 6.54. The molecule has 0 aliphatic heterocycles. The van der Waals surface area contributed by atoms with Gasteiger partial charge in [0.2, 0.25) is 0 Å². The van der Waals surface area contributed by atoms with Crippen LogP contribution in [-0.4, -0.2) is 14.5 Å². The molecule has 1 N–H and O–H groups in total. The minimum atomic E-state index is -0.0963. The van der Waals surface area contributed by atoms with E-state index in [1.807, 2.05) is 104 Å². The topological polar surface area (TPSA) is 50.7 Å². The third-order valence-corrected chi connectivity index (χ3v) is 6.62. The highest BCUT2D eigenvalue weighted by Crippen LogP contribution is 2.32. The van der Waals surface area contributed by atoms with Crippen LogP contribution in [0.5, 0.6) is 0 Å². The number of hydrogen-bond donors (Lipinski definition) is 1. The van der Waals surface area contributed by atoms with Gasteiger partial charge in [-0.25, -0.2) is 4.98 Å². The SMILES string of the molecule is Cc1ccc(-n2c(/C=C/c3c(-c4ccc(Cl)cc4)[nH]c4ccccc34)nc3ccccc3c2=O)cc1. The summed E-state index contributed by atoms with van der Waals surface area (Å²) in [6.45, 7) is 2.03. The van der Waals surface area contributed by atoms with Gasteiger partial charge in [-0.05, 0) is 67.1 Å². The molecule has 2 aromatic heterocycles. The average Bonchev–Trinajstić information content (AvgIpc) is 3.27. The molecule has 6 rings (SSSR count). The summed E-state index contributed by atoms with van der Waals surface area (Å²) in [4.78, 5) is 22.0. The molecule has 0 amide bonds. The van der Waals surface area contributed by atoms with Crippen LogP contribution in [0, 0.1) is 6.92 Å². The van der Waals surface area contributed by atoms with Gasteiger partial charge in [0.05, 0.1) is 22.3 Å². The second-order valence-corrected chi connectivity index (χ2v) is 9.20. The molecule has 174 valence electrons. The van der Waals surface area contributed by atoms with Gasteiger partial charge in [-0.3, -0.25) is 9.36 Å². The van der Waals surface area contributed by atoms with Crippen LogP contribution < -0.4 is 5.56 Å². The van der Waals surface area contributed by atoms with E-state index in [9.17, 15) is 4.79 Å². The highest BCUT2D eigenvalue weighted by molar-refractivity contribution is 6.30. The number of fused-ring (bicyclic) bond motifs is 2. The van der Waals surface area contributed by atoms with Crippen LogP contribution in [-0.2, 0) is 0 Å². The van der Waals surface area contributed by atoms with Gasteiger partial charge in [0.25, 0.3) is 5.56 Å². The van der Waals surface area contributed by atoms with Crippen LogP contribution in [0.1, 0.15) is 17.0 Å². The number of rotatable bonds is 4. The summed E-state index contributed by atoms with van der Waals surface area (Å²) in [5.74, 6) is 0.565. The van der Waals surface area contributed by atoms with Crippen molar-refractivity contribution in [2.45, 2.75) is 6.92 Å². The molecule has 6 aromatic rings. The van der Waals surface area contributed by atoms with Crippen molar-refractivity contribution in [2.24, 2.45) is 0 Å². The minimum absolute atomic E-state index is 0.0963. The van der Waals surface area contributed by atoms with Crippen molar-refractivity contribution in [1.29, 1.82) is 0 Å². The first-order valence-electron chi connectivity index (χ1n) is 11.7. The first-order valence-corrected chi connectivity index (χ1v) is 12.1. The fourth-order valence-corrected chi connectivity index (χ4v) is 4.67. The summed E-state index contributed by atoms with van der Waals surface area (Å²) in [6, 6.07) is 31.3. The molecule has 4 nitrogen and oxygen atoms in total. The van der Waals surface area contributed by atoms with E-state index in [1.165, 1.54) is 0 Å². The van der Waals surface area contributed by atoms with E-state index < -0.39 is 0 Å². The Kier molecular flexibility index (Phi) is 5.51. The van der Waals surface area contributed by atoms with Crippen molar-refractivity contribution < 1.29 is 0 Å². The molecule has 0 aliphatic carbocycles. The molecule has 0 unspecified atom stereocenters. The molecule has 0 fully saturated rings. The molecule has 0 saturated carbocycles. The quantitative estimate of drug-likeness (QED) is 0.277. The van der Waals surface area contributed by atoms with Crippen LogP contribution in [0.15, 0.2) is 102 Å². The summed E-state index contributed by atoms with van der Waals surface area (Å²) in [5, 5.41) is 2.36. The normalized spacial score (nSPS) is 11.6. The van der Waals surface area contributed by atoms with Crippen LogP contribution in [0.4, 0.5) is 0 Å². The number of nitrogens with zero attached hydrogens (tertiary/aromatic N) is 2. The molecule has 2 heterocycles. The van der Waals surface area contributed by atoms with Gasteiger partial charge in [-0.15, -0.1) is 0 Å². The Morgan fingerprint density at radius 3 is 2.28 bits per heavy atom. The molecule has 0 atom stereocenters. The molecule has 0 aliphatic rings. The Morgan fingerprint density at radius 2 is 1.50 bits per heavy atom. The van der Waals surface area contributed by atoms with Gasteiger partial charge in [-0.2, -0.15) is 0 Å². The predicted molar refractivity (Wildman–Crippen MR) is 150 cm³/mol. The molecule has 0 saturated heterocycles. The zero-order chi connectivity index (χ0) is 24.6. The maximum absolute atomic E-state index is 13.6. The molecule has 36 heavy (non-hydrogen) atoms. The molecular weight excluding hydrogens is 466 g/mol. The first-order chi connectivity index (χ1) is 17.6. The van der Waals surface area contributed by atoms with Crippen molar-refractivity contribution in [2.75, 3.05) is 0 Å². The lowest BCUT2D eigenvalue weighted by molar-refractivity contribution is 0.943. The van der Waals surface area contributed by atoms with Crippen molar-refractivity contribution in [3.63, 3.8) is 0 Å². The van der Waals surface area contributed by atoms with Gasteiger partial charge in [0.15, 0.2) is 0 Å². The Hall–Kier alpha value is -4.41. The Bertz CT molecular complexity index is 1810. The van der Waals surface area contributed by atoms with Gasteiger partial charge >= 0.3 is 0 Å². The number of nitrogens with one attached hydrogen (secondary N) is 1. The Balaban J connectivity index is 1.58. The fourth-order valence-electron chi connectivity index (χ4n) is 4.54. The number of aromatic amines is 1. The van der Waals surface area contributed by atoms with E-state index in [4.69, 9.17) is 16.6 Å². The second-order valence-electron chi connectivity index (χ2n) is 8.76. The summed E-state index contributed by atoms with van der Waals surface area (Å²) < 4.78 is 1.68. The number of halogens is 1. The highest BCUT2D eigenvalue weighted by Gasteiger charge is 2.14. The predicted octanol–water partition coefficient (Wildman–Crippen LogP) is 7.67. The zero-order valence-corrected chi connectivity index (χ0v) is 20.3. The fraction of sp³-hybridized carbons (Fsp3) is 0.0323. The number of benzene rings is 4. The van der Waals surface area contributed by atoms with E-state index in [2.05, 4.69) is 17.1 Å². The summed E-state index contributed by atoms with van der Waals surface area (Å²) in [7, 11) is 0. The standard InChI is InChI=1S/C31H22ClN3O/c1-20-10-16-23(17-11-20)35-29(33-28-9-5-3-7-26(28)31(35)36)19-18-25-24-6-2-4-8-27(24)34-30(25)21-12-14-22(32)15-13-21/h2-19,34H,1H3/b19-18+. The van der Waals surface area contributed by atoms with Gasteiger partial charge < -0.3 is 4.98 Å². The van der Waals surface area contributed by atoms with E-state index in [0.29, 0.717) is 21.7 Å². The molecule has 4 aromatic carbocycles. The lowest BCUT2D eigenvalue weighted by atomic mass is 10.0. The summed E-state index contributed by atoms with van der Waals surface area (Å²) in [6.07, 6.45) is 3.95. The molecule has 0 bridgehead atoms. The maximum Gasteiger partial charge on any atom is 0.266 e. The maximum atomic E-state index is 13.6. The molecule has 5 heteroatoms. The van der Waals surface area contributed by atoms with Crippen molar-refractivity contribution in [3.05, 3.63) is 129 Å². The van der Waals surface area contributed by atoms with E-state index >= 15 is 0 Å². The Labute approximate surface area is 213 Å². The first kappa shape index (κ1) is 22.1. The third-order valence-electron chi connectivity index (χ3n) is 6.37. The van der Waals surface area contributed by atoms with E-state index in [-0.39, 0.29) is 5.56 Å². The van der Waals surface area contributed by atoms with E-state index in [0.717, 1.165) is 39.0 Å². The number of hydrogen-bond acceptors (Lipinski definition) is 2. The lowest BCUT2D eigenvalue weighted by Crippen LogP contribution is -2.22. The highest BCUT2D eigenvalue weighted by atomic mass is 35.5.